The Morgan fingerprint density at radius 3 is 2.78 bits per heavy atom. The van der Waals surface area contributed by atoms with Crippen LogP contribution < -0.4 is 10.6 Å². The van der Waals surface area contributed by atoms with E-state index in [9.17, 15) is 4.79 Å². The third-order valence-electron chi connectivity index (χ3n) is 6.19. The summed E-state index contributed by atoms with van der Waals surface area (Å²) >= 11 is 6.38. The first-order valence-corrected chi connectivity index (χ1v) is 11.2. The number of likely N-dealkylation sites (N-methyl/N-ethyl adjacent to an activating group) is 1. The fourth-order valence-electron chi connectivity index (χ4n) is 4.44. The lowest BCUT2D eigenvalue weighted by Crippen LogP contribution is -2.49. The van der Waals surface area contributed by atoms with E-state index < -0.39 is 0 Å². The maximum absolute atomic E-state index is 13.0. The van der Waals surface area contributed by atoms with Gasteiger partial charge in [0.1, 0.15) is 5.69 Å². The number of hydrogen-bond acceptors (Lipinski definition) is 5. The molecule has 0 bridgehead atoms. The standard InChI is InChI=1S/C24H26ClN5O2/c1-15-18(25)4-3-5-19(15)28-22-21(16-6-8-26-9-7-16)20(14-32-17-12-29(2)13-17)30-11-10-27-24(31)23(22)30/h3-9,17,28H,10-14H2,1-2H3,(H,27,31). The lowest BCUT2D eigenvalue weighted by Gasteiger charge is -2.36. The van der Waals surface area contributed by atoms with Gasteiger partial charge in [0.05, 0.1) is 24.1 Å². The minimum absolute atomic E-state index is 0.0941. The number of pyridine rings is 1. The number of nitrogens with zero attached hydrogens (tertiary/aromatic N) is 3. The Labute approximate surface area is 192 Å². The predicted octanol–water partition coefficient (Wildman–Crippen LogP) is 3.83. The van der Waals surface area contributed by atoms with Gasteiger partial charge in [0, 0.05) is 54.8 Å². The van der Waals surface area contributed by atoms with E-state index in [1.165, 1.54) is 0 Å². The normalized spacial score (nSPS) is 16.4. The van der Waals surface area contributed by atoms with E-state index in [4.69, 9.17) is 16.3 Å². The quantitative estimate of drug-likeness (QED) is 0.596. The molecule has 32 heavy (non-hydrogen) atoms. The van der Waals surface area contributed by atoms with Crippen molar-refractivity contribution in [3.05, 3.63) is 64.7 Å². The van der Waals surface area contributed by atoms with E-state index in [1.807, 2.05) is 37.3 Å². The van der Waals surface area contributed by atoms with Gasteiger partial charge < -0.3 is 24.8 Å². The number of aromatic nitrogens is 2. The molecule has 2 aromatic heterocycles. The van der Waals surface area contributed by atoms with E-state index in [0.29, 0.717) is 30.4 Å². The Morgan fingerprint density at radius 1 is 1.25 bits per heavy atom. The van der Waals surface area contributed by atoms with E-state index in [1.54, 1.807) is 12.4 Å². The number of carbonyl (C=O) groups excluding carboxylic acids is 1. The van der Waals surface area contributed by atoms with Gasteiger partial charge in [0.15, 0.2) is 0 Å². The van der Waals surface area contributed by atoms with Gasteiger partial charge in [0.25, 0.3) is 5.91 Å². The highest BCUT2D eigenvalue weighted by atomic mass is 35.5. The van der Waals surface area contributed by atoms with E-state index in [0.717, 1.165) is 46.8 Å². The molecule has 0 radical (unpaired) electrons. The minimum Gasteiger partial charge on any atom is -0.369 e. The van der Waals surface area contributed by atoms with Crippen LogP contribution in [0.5, 0.6) is 0 Å². The highest BCUT2D eigenvalue weighted by molar-refractivity contribution is 6.31. The summed E-state index contributed by atoms with van der Waals surface area (Å²) in [4.78, 5) is 19.4. The number of nitrogens with one attached hydrogen (secondary N) is 2. The zero-order valence-electron chi connectivity index (χ0n) is 18.2. The van der Waals surface area contributed by atoms with Gasteiger partial charge in [-0.15, -0.1) is 0 Å². The van der Waals surface area contributed by atoms with Gasteiger partial charge in [-0.1, -0.05) is 17.7 Å². The second-order valence-electron chi connectivity index (χ2n) is 8.38. The monoisotopic (exact) mass is 451 g/mol. The molecular weight excluding hydrogens is 426 g/mol. The highest BCUT2D eigenvalue weighted by Crippen LogP contribution is 2.41. The summed E-state index contributed by atoms with van der Waals surface area (Å²) in [5, 5.41) is 7.20. The average Bonchev–Trinajstić information content (AvgIpc) is 3.08. The van der Waals surface area contributed by atoms with Crippen LogP contribution in [0.15, 0.2) is 42.7 Å². The number of amides is 1. The molecule has 166 valence electrons. The number of halogens is 1. The van der Waals surface area contributed by atoms with Crippen molar-refractivity contribution < 1.29 is 9.53 Å². The molecule has 5 rings (SSSR count). The van der Waals surface area contributed by atoms with Crippen LogP contribution in [0.3, 0.4) is 0 Å². The molecule has 0 spiro atoms. The fraction of sp³-hybridized carbons (Fsp3) is 0.333. The molecular formula is C24H26ClN5O2. The first-order valence-electron chi connectivity index (χ1n) is 10.8. The highest BCUT2D eigenvalue weighted by Gasteiger charge is 2.32. The van der Waals surface area contributed by atoms with Gasteiger partial charge in [-0.2, -0.15) is 0 Å². The first kappa shape index (κ1) is 21.0. The molecule has 7 nitrogen and oxygen atoms in total. The number of likely N-dealkylation sites (tertiary alicyclic amines) is 1. The Balaban J connectivity index is 1.65. The van der Waals surface area contributed by atoms with Crippen molar-refractivity contribution in [2.24, 2.45) is 0 Å². The largest absolute Gasteiger partial charge is 0.369 e. The Hall–Kier alpha value is -2.87. The van der Waals surface area contributed by atoms with Crippen LogP contribution in [0.2, 0.25) is 5.02 Å². The van der Waals surface area contributed by atoms with Crippen molar-refractivity contribution >= 4 is 28.9 Å². The fourth-order valence-corrected chi connectivity index (χ4v) is 4.61. The van der Waals surface area contributed by atoms with Crippen LogP contribution in [0.1, 0.15) is 21.7 Å². The maximum atomic E-state index is 13.0. The summed E-state index contributed by atoms with van der Waals surface area (Å²) in [5.41, 5.74) is 6.13. The molecule has 8 heteroatoms. The number of carbonyl (C=O) groups is 1. The summed E-state index contributed by atoms with van der Waals surface area (Å²) in [7, 11) is 2.08. The Morgan fingerprint density at radius 2 is 2.03 bits per heavy atom. The van der Waals surface area contributed by atoms with Gasteiger partial charge in [-0.3, -0.25) is 9.78 Å². The zero-order chi connectivity index (χ0) is 22.2. The molecule has 3 aromatic rings. The second kappa shape index (κ2) is 8.58. The molecule has 1 aromatic carbocycles. The van der Waals surface area contributed by atoms with Crippen molar-refractivity contribution in [2.45, 2.75) is 26.2 Å². The smallest absolute Gasteiger partial charge is 0.270 e. The van der Waals surface area contributed by atoms with Crippen molar-refractivity contribution in [1.82, 2.24) is 19.8 Å². The summed E-state index contributed by atoms with van der Waals surface area (Å²) in [6, 6.07) is 9.68. The number of benzene rings is 1. The molecule has 2 N–H and O–H groups in total. The third-order valence-corrected chi connectivity index (χ3v) is 6.60. The minimum atomic E-state index is -0.0941. The van der Waals surface area contributed by atoms with E-state index in [2.05, 4.69) is 32.1 Å². The van der Waals surface area contributed by atoms with Crippen LogP contribution in [-0.2, 0) is 17.9 Å². The number of anilines is 2. The third kappa shape index (κ3) is 3.77. The number of hydrogen-bond donors (Lipinski definition) is 2. The van der Waals surface area contributed by atoms with Crippen LogP contribution >= 0.6 is 11.6 Å². The average molecular weight is 452 g/mol. The number of rotatable bonds is 6. The van der Waals surface area contributed by atoms with Crippen LogP contribution in [0, 0.1) is 6.92 Å². The van der Waals surface area contributed by atoms with E-state index >= 15 is 0 Å². The lowest BCUT2D eigenvalue weighted by molar-refractivity contribution is -0.0535. The molecule has 0 atom stereocenters. The van der Waals surface area contributed by atoms with Gasteiger partial charge >= 0.3 is 0 Å². The van der Waals surface area contributed by atoms with E-state index in [-0.39, 0.29) is 12.0 Å². The molecule has 0 unspecified atom stereocenters. The van der Waals surface area contributed by atoms with Crippen molar-refractivity contribution in [3.8, 4) is 11.1 Å². The molecule has 0 aliphatic carbocycles. The number of ether oxygens (including phenoxy) is 1. The molecule has 1 saturated heterocycles. The van der Waals surface area contributed by atoms with Crippen LogP contribution in [-0.4, -0.2) is 53.1 Å². The van der Waals surface area contributed by atoms with Crippen molar-refractivity contribution in [3.63, 3.8) is 0 Å². The molecule has 0 saturated carbocycles. The maximum Gasteiger partial charge on any atom is 0.270 e. The van der Waals surface area contributed by atoms with Crippen LogP contribution in [0.25, 0.3) is 11.1 Å². The topological polar surface area (TPSA) is 71.4 Å². The van der Waals surface area contributed by atoms with Gasteiger partial charge in [-0.05, 0) is 49.4 Å². The lowest BCUT2D eigenvalue weighted by atomic mass is 10.0. The molecule has 2 aliphatic rings. The van der Waals surface area contributed by atoms with Gasteiger partial charge in [0.2, 0.25) is 0 Å². The van der Waals surface area contributed by atoms with Crippen molar-refractivity contribution in [2.75, 3.05) is 32.0 Å². The summed E-state index contributed by atoms with van der Waals surface area (Å²) < 4.78 is 8.34. The Bertz CT molecular complexity index is 1150. The molecule has 4 heterocycles. The SMILES string of the molecule is Cc1c(Cl)cccc1Nc1c(-c2ccncc2)c(COC2CN(C)C2)n2c1C(=O)NCC2. The molecule has 1 fully saturated rings. The molecule has 2 aliphatic heterocycles. The van der Waals surface area contributed by atoms with Crippen molar-refractivity contribution in [1.29, 1.82) is 0 Å². The number of fused-ring (bicyclic) bond motifs is 1. The summed E-state index contributed by atoms with van der Waals surface area (Å²) in [5.74, 6) is -0.0941. The summed E-state index contributed by atoms with van der Waals surface area (Å²) in [6.45, 7) is 5.53. The predicted molar refractivity (Wildman–Crippen MR) is 126 cm³/mol. The summed E-state index contributed by atoms with van der Waals surface area (Å²) in [6.07, 6.45) is 3.75. The first-order chi connectivity index (χ1) is 15.5. The second-order valence-corrected chi connectivity index (χ2v) is 8.79. The zero-order valence-corrected chi connectivity index (χ0v) is 18.9. The molecule has 1 amide bonds. The van der Waals surface area contributed by atoms with Gasteiger partial charge in [-0.25, -0.2) is 0 Å². The Kier molecular flexibility index (Phi) is 5.63. The van der Waals surface area contributed by atoms with Crippen LogP contribution in [0.4, 0.5) is 11.4 Å².